The summed E-state index contributed by atoms with van der Waals surface area (Å²) >= 11 is 0. The van der Waals surface area contributed by atoms with Gasteiger partial charge in [-0.1, -0.05) is 206 Å². The largest absolute Gasteiger partial charge is 0.391 e. The molecular formula is C39H79NO5S. The molecule has 46 heavy (non-hydrogen) atoms. The Hall–Kier alpha value is -0.660. The van der Waals surface area contributed by atoms with E-state index in [4.69, 9.17) is 0 Å². The van der Waals surface area contributed by atoms with Crippen molar-refractivity contribution >= 4 is 16.0 Å². The van der Waals surface area contributed by atoms with Crippen LogP contribution in [-0.4, -0.2) is 41.9 Å². The van der Waals surface area contributed by atoms with Gasteiger partial charge in [-0.3, -0.25) is 9.35 Å². The molecule has 0 rings (SSSR count). The molecule has 0 aliphatic rings. The van der Waals surface area contributed by atoms with Crippen LogP contribution in [0.4, 0.5) is 0 Å². The van der Waals surface area contributed by atoms with Gasteiger partial charge in [-0.05, 0) is 12.8 Å². The van der Waals surface area contributed by atoms with E-state index in [-0.39, 0.29) is 5.91 Å². The summed E-state index contributed by atoms with van der Waals surface area (Å²) in [5, 5.41) is 13.3. The number of hydrogen-bond donors (Lipinski definition) is 3. The van der Waals surface area contributed by atoms with E-state index in [0.29, 0.717) is 12.8 Å². The average molecular weight is 674 g/mol. The molecule has 0 saturated heterocycles. The number of rotatable bonds is 37. The third-order valence-corrected chi connectivity index (χ3v) is 10.3. The lowest BCUT2D eigenvalue weighted by Gasteiger charge is -2.23. The van der Waals surface area contributed by atoms with Crippen LogP contribution in [0.2, 0.25) is 0 Å². The number of hydrogen-bond acceptors (Lipinski definition) is 4. The summed E-state index contributed by atoms with van der Waals surface area (Å²) in [6, 6.07) is -0.962. The van der Waals surface area contributed by atoms with Gasteiger partial charge in [-0.2, -0.15) is 8.42 Å². The molecule has 0 aliphatic carbocycles. The van der Waals surface area contributed by atoms with Crippen LogP contribution < -0.4 is 5.32 Å². The first kappa shape index (κ1) is 45.3. The zero-order valence-corrected chi connectivity index (χ0v) is 31.5. The van der Waals surface area contributed by atoms with Crippen LogP contribution >= 0.6 is 0 Å². The predicted octanol–water partition coefficient (Wildman–Crippen LogP) is 11.6. The summed E-state index contributed by atoms with van der Waals surface area (Å²) in [6.07, 6.45) is 39.3. The quantitative estimate of drug-likeness (QED) is 0.0450. The molecule has 0 aromatic carbocycles. The summed E-state index contributed by atoms with van der Waals surface area (Å²) in [6.45, 7) is 4.50. The Morgan fingerprint density at radius 2 is 0.783 bits per heavy atom. The van der Waals surface area contributed by atoms with Gasteiger partial charge in [-0.25, -0.2) is 0 Å². The summed E-state index contributed by atoms with van der Waals surface area (Å²) in [4.78, 5) is 12.5. The standard InChI is InChI=1S/C39H79NO5S/c1-3-5-7-9-11-13-14-15-16-17-18-19-20-21-22-23-24-25-27-29-31-33-35-39(42)40-37(36-46(43,44)45)38(41)34-32-30-28-26-12-10-8-6-4-2/h37-38,41H,3-36H2,1-2H3,(H,40,42)(H,43,44,45). The monoisotopic (exact) mass is 674 g/mol. The van der Waals surface area contributed by atoms with Gasteiger partial charge in [0.2, 0.25) is 5.91 Å². The van der Waals surface area contributed by atoms with Crippen molar-refractivity contribution in [1.29, 1.82) is 0 Å². The highest BCUT2D eigenvalue weighted by Gasteiger charge is 2.26. The number of aliphatic hydroxyl groups is 1. The predicted molar refractivity (Wildman–Crippen MR) is 198 cm³/mol. The molecule has 0 aromatic rings. The lowest BCUT2D eigenvalue weighted by atomic mass is 10.0. The van der Waals surface area contributed by atoms with Gasteiger partial charge in [0.25, 0.3) is 10.1 Å². The summed E-state index contributed by atoms with van der Waals surface area (Å²) in [7, 11) is -4.30. The number of amides is 1. The summed E-state index contributed by atoms with van der Waals surface area (Å²) in [5.74, 6) is -0.885. The van der Waals surface area contributed by atoms with Crippen LogP contribution in [0.3, 0.4) is 0 Å². The fraction of sp³-hybridized carbons (Fsp3) is 0.974. The molecule has 2 atom stereocenters. The van der Waals surface area contributed by atoms with Crippen LogP contribution in [0.25, 0.3) is 0 Å². The number of carbonyl (C=O) groups is 1. The van der Waals surface area contributed by atoms with Gasteiger partial charge in [0.1, 0.15) is 0 Å². The Morgan fingerprint density at radius 3 is 1.09 bits per heavy atom. The fourth-order valence-corrected chi connectivity index (χ4v) is 7.27. The first-order valence-corrected chi connectivity index (χ1v) is 21.8. The number of unbranched alkanes of at least 4 members (excludes halogenated alkanes) is 29. The first-order chi connectivity index (χ1) is 22.3. The molecule has 1 amide bonds. The van der Waals surface area contributed by atoms with Crippen LogP contribution in [0.5, 0.6) is 0 Å². The van der Waals surface area contributed by atoms with Crippen molar-refractivity contribution in [2.24, 2.45) is 0 Å². The molecule has 0 aromatic heterocycles. The second kappa shape index (κ2) is 34.2. The highest BCUT2D eigenvalue weighted by Crippen LogP contribution is 2.16. The van der Waals surface area contributed by atoms with Crippen molar-refractivity contribution in [2.45, 2.75) is 238 Å². The van der Waals surface area contributed by atoms with Crippen LogP contribution in [-0.2, 0) is 14.9 Å². The summed E-state index contributed by atoms with van der Waals surface area (Å²) < 4.78 is 32.4. The van der Waals surface area contributed by atoms with Gasteiger partial charge in [0.15, 0.2) is 0 Å². The number of nitrogens with one attached hydrogen (secondary N) is 1. The Bertz CT molecular complexity index is 745. The normalized spacial score (nSPS) is 13.2. The molecule has 0 aliphatic heterocycles. The van der Waals surface area contributed by atoms with Gasteiger partial charge < -0.3 is 10.4 Å². The molecule has 0 heterocycles. The second-order valence-corrected chi connectivity index (χ2v) is 15.8. The lowest BCUT2D eigenvalue weighted by Crippen LogP contribution is -2.47. The first-order valence-electron chi connectivity index (χ1n) is 20.2. The van der Waals surface area contributed by atoms with E-state index in [0.717, 1.165) is 38.5 Å². The minimum absolute atomic E-state index is 0.243. The van der Waals surface area contributed by atoms with Crippen molar-refractivity contribution in [3.63, 3.8) is 0 Å². The van der Waals surface area contributed by atoms with Gasteiger partial charge in [0.05, 0.1) is 17.9 Å². The van der Waals surface area contributed by atoms with Crippen molar-refractivity contribution in [3.05, 3.63) is 0 Å². The maximum Gasteiger partial charge on any atom is 0.266 e. The Morgan fingerprint density at radius 1 is 0.500 bits per heavy atom. The molecule has 2 unspecified atom stereocenters. The topological polar surface area (TPSA) is 104 Å². The molecule has 276 valence electrons. The maximum absolute atomic E-state index is 12.5. The molecule has 0 fully saturated rings. The number of carbonyl (C=O) groups excluding carboxylic acids is 1. The van der Waals surface area contributed by atoms with Gasteiger partial charge in [-0.15, -0.1) is 0 Å². The van der Waals surface area contributed by atoms with E-state index in [1.165, 1.54) is 161 Å². The van der Waals surface area contributed by atoms with Crippen molar-refractivity contribution in [3.8, 4) is 0 Å². The molecule has 7 heteroatoms. The maximum atomic E-state index is 12.5. The molecule has 3 N–H and O–H groups in total. The molecule has 6 nitrogen and oxygen atoms in total. The zero-order chi connectivity index (χ0) is 34.0. The van der Waals surface area contributed by atoms with Gasteiger partial charge in [0, 0.05) is 6.42 Å². The van der Waals surface area contributed by atoms with Crippen LogP contribution in [0, 0.1) is 0 Å². The van der Waals surface area contributed by atoms with Crippen molar-refractivity contribution in [1.82, 2.24) is 5.32 Å². The van der Waals surface area contributed by atoms with E-state index in [2.05, 4.69) is 19.2 Å². The molecule has 0 bridgehead atoms. The van der Waals surface area contributed by atoms with E-state index in [1.807, 2.05) is 0 Å². The zero-order valence-electron chi connectivity index (χ0n) is 30.7. The molecule has 0 radical (unpaired) electrons. The second-order valence-electron chi connectivity index (χ2n) is 14.3. The smallest absolute Gasteiger partial charge is 0.266 e. The SMILES string of the molecule is CCCCCCCCCCCCCCCCCCCCCCCCC(=O)NC(CS(=O)(=O)O)C(O)CCCCCCCCCCC. The molecule has 0 spiro atoms. The Kier molecular flexibility index (Phi) is 33.7. The van der Waals surface area contributed by atoms with Crippen LogP contribution in [0.1, 0.15) is 226 Å². The summed E-state index contributed by atoms with van der Waals surface area (Å²) in [5.41, 5.74) is 0. The van der Waals surface area contributed by atoms with E-state index < -0.39 is 28.0 Å². The van der Waals surface area contributed by atoms with E-state index in [1.54, 1.807) is 0 Å². The van der Waals surface area contributed by atoms with Crippen LogP contribution in [0.15, 0.2) is 0 Å². The highest BCUT2D eigenvalue weighted by atomic mass is 32.2. The third-order valence-electron chi connectivity index (χ3n) is 9.56. The Balaban J connectivity index is 3.70. The number of aliphatic hydroxyl groups excluding tert-OH is 1. The average Bonchev–Trinajstić information content (AvgIpc) is 3.01. The molecular weight excluding hydrogens is 594 g/mol. The highest BCUT2D eigenvalue weighted by molar-refractivity contribution is 7.85. The lowest BCUT2D eigenvalue weighted by molar-refractivity contribution is -0.122. The Labute approximate surface area is 287 Å². The third kappa shape index (κ3) is 34.7. The minimum atomic E-state index is -4.30. The molecule has 0 saturated carbocycles. The van der Waals surface area contributed by atoms with E-state index >= 15 is 0 Å². The van der Waals surface area contributed by atoms with E-state index in [9.17, 15) is 22.9 Å². The minimum Gasteiger partial charge on any atom is -0.391 e. The van der Waals surface area contributed by atoms with Gasteiger partial charge >= 0.3 is 0 Å². The van der Waals surface area contributed by atoms with Crippen molar-refractivity contribution in [2.75, 3.05) is 5.75 Å². The van der Waals surface area contributed by atoms with Crippen molar-refractivity contribution < 1.29 is 22.9 Å². The fourth-order valence-electron chi connectivity index (χ4n) is 6.51.